The molecule has 0 aliphatic rings. The highest BCUT2D eigenvalue weighted by molar-refractivity contribution is 9.09. The van der Waals surface area contributed by atoms with Gasteiger partial charge in [0.1, 0.15) is 0 Å². The minimum absolute atomic E-state index is 0.671. The molecule has 0 aliphatic carbocycles. The van der Waals surface area contributed by atoms with Gasteiger partial charge < -0.3 is 0 Å². The predicted molar refractivity (Wildman–Crippen MR) is 49.9 cm³/mol. The maximum atomic E-state index is 4.29. The summed E-state index contributed by atoms with van der Waals surface area (Å²) in [6.45, 7) is 2.21. The molecule has 1 heterocycles. The van der Waals surface area contributed by atoms with Gasteiger partial charge in [0.2, 0.25) is 0 Å². The van der Waals surface area contributed by atoms with E-state index in [-0.39, 0.29) is 0 Å². The average Bonchev–Trinajstić information content (AvgIpc) is 2.35. The smallest absolute Gasteiger partial charge is 0.0627 e. The van der Waals surface area contributed by atoms with Crippen molar-refractivity contribution in [3.8, 4) is 0 Å². The van der Waals surface area contributed by atoms with E-state index in [4.69, 9.17) is 0 Å². The first-order chi connectivity index (χ1) is 5.22. The predicted octanol–water partition coefficient (Wildman–Crippen LogP) is 1.99. The molecule has 0 bridgehead atoms. The first-order valence-corrected chi connectivity index (χ1v) is 4.89. The second kappa shape index (κ2) is 3.90. The van der Waals surface area contributed by atoms with Crippen molar-refractivity contribution < 1.29 is 0 Å². The zero-order chi connectivity index (χ0) is 8.27. The van der Waals surface area contributed by atoms with Crippen molar-refractivity contribution in [2.24, 2.45) is 13.0 Å². The van der Waals surface area contributed by atoms with E-state index < -0.39 is 0 Å². The van der Waals surface area contributed by atoms with Crippen molar-refractivity contribution in [1.82, 2.24) is 9.78 Å². The van der Waals surface area contributed by atoms with Gasteiger partial charge in [0.05, 0.1) is 5.69 Å². The summed E-state index contributed by atoms with van der Waals surface area (Å²) in [7, 11) is 1.95. The summed E-state index contributed by atoms with van der Waals surface area (Å²) in [5, 5.41) is 5.34. The van der Waals surface area contributed by atoms with Crippen molar-refractivity contribution in [2.45, 2.75) is 13.3 Å². The van der Waals surface area contributed by atoms with Gasteiger partial charge in [-0.05, 0) is 18.4 Å². The first kappa shape index (κ1) is 8.78. The molecule has 1 unspecified atom stereocenters. The number of nitrogens with zero attached hydrogens (tertiary/aromatic N) is 2. The van der Waals surface area contributed by atoms with Gasteiger partial charge in [-0.15, -0.1) is 0 Å². The van der Waals surface area contributed by atoms with Crippen LogP contribution in [0.25, 0.3) is 0 Å². The van der Waals surface area contributed by atoms with Crippen LogP contribution in [0.3, 0.4) is 0 Å². The molecular weight excluding hydrogens is 204 g/mol. The molecule has 0 aliphatic heterocycles. The Morgan fingerprint density at radius 1 is 1.73 bits per heavy atom. The average molecular weight is 217 g/mol. The van der Waals surface area contributed by atoms with Crippen LogP contribution in [0.15, 0.2) is 12.3 Å². The maximum absolute atomic E-state index is 4.29. The second-order valence-electron chi connectivity index (χ2n) is 2.94. The van der Waals surface area contributed by atoms with Crippen LogP contribution in [0, 0.1) is 5.92 Å². The van der Waals surface area contributed by atoms with Gasteiger partial charge in [-0.2, -0.15) is 5.10 Å². The molecule has 1 rings (SSSR count). The Morgan fingerprint density at radius 3 is 2.91 bits per heavy atom. The molecule has 1 atom stereocenters. The number of aromatic nitrogens is 2. The number of hydrogen-bond donors (Lipinski definition) is 0. The maximum Gasteiger partial charge on any atom is 0.0627 e. The molecule has 11 heavy (non-hydrogen) atoms. The minimum atomic E-state index is 0.671. The molecule has 0 saturated carbocycles. The van der Waals surface area contributed by atoms with E-state index in [9.17, 15) is 0 Å². The fraction of sp³-hybridized carbons (Fsp3) is 0.625. The summed E-state index contributed by atoms with van der Waals surface area (Å²) in [5.41, 5.74) is 1.18. The van der Waals surface area contributed by atoms with Gasteiger partial charge in [-0.25, -0.2) is 0 Å². The Balaban J connectivity index is 2.50. The number of alkyl halides is 1. The van der Waals surface area contributed by atoms with Crippen LogP contribution < -0.4 is 0 Å². The summed E-state index contributed by atoms with van der Waals surface area (Å²) < 4.78 is 1.84. The topological polar surface area (TPSA) is 17.8 Å². The fourth-order valence-corrected chi connectivity index (χ4v) is 1.21. The van der Waals surface area contributed by atoms with Crippen molar-refractivity contribution in [3.05, 3.63) is 18.0 Å². The zero-order valence-electron chi connectivity index (χ0n) is 6.92. The van der Waals surface area contributed by atoms with Gasteiger partial charge in [0.25, 0.3) is 0 Å². The number of halogens is 1. The Labute approximate surface area is 75.7 Å². The highest BCUT2D eigenvalue weighted by atomic mass is 79.9. The summed E-state index contributed by atoms with van der Waals surface area (Å²) in [6.07, 6.45) is 3.04. The Morgan fingerprint density at radius 2 is 2.45 bits per heavy atom. The molecule has 0 aromatic carbocycles. The lowest BCUT2D eigenvalue weighted by Gasteiger charge is -2.02. The minimum Gasteiger partial charge on any atom is -0.276 e. The molecule has 0 radical (unpaired) electrons. The number of rotatable bonds is 3. The van der Waals surface area contributed by atoms with Gasteiger partial charge in [-0.3, -0.25) is 4.68 Å². The van der Waals surface area contributed by atoms with Gasteiger partial charge in [0, 0.05) is 18.6 Å². The highest BCUT2D eigenvalue weighted by Gasteiger charge is 2.03. The van der Waals surface area contributed by atoms with Gasteiger partial charge in [0.15, 0.2) is 0 Å². The lowest BCUT2D eigenvalue weighted by atomic mass is 10.1. The van der Waals surface area contributed by atoms with E-state index in [1.54, 1.807) is 0 Å². The SMILES string of the molecule is CC(CBr)Cc1ccn(C)n1. The van der Waals surface area contributed by atoms with Crippen molar-refractivity contribution in [2.75, 3.05) is 5.33 Å². The van der Waals surface area contributed by atoms with Crippen LogP contribution >= 0.6 is 15.9 Å². The van der Waals surface area contributed by atoms with E-state index in [0.717, 1.165) is 11.8 Å². The molecule has 0 N–H and O–H groups in total. The molecular formula is C8H13BrN2. The van der Waals surface area contributed by atoms with Crippen LogP contribution in [-0.4, -0.2) is 15.1 Å². The van der Waals surface area contributed by atoms with E-state index in [1.165, 1.54) is 5.69 Å². The van der Waals surface area contributed by atoms with Crippen LogP contribution in [0.4, 0.5) is 0 Å². The standard InChI is InChI=1S/C8H13BrN2/c1-7(6-9)5-8-3-4-11(2)10-8/h3-4,7H,5-6H2,1-2H3. The largest absolute Gasteiger partial charge is 0.276 e. The third-order valence-electron chi connectivity index (χ3n) is 1.59. The molecule has 0 fully saturated rings. The normalized spacial score (nSPS) is 13.4. The number of aryl methyl sites for hydroxylation is 1. The van der Waals surface area contributed by atoms with Gasteiger partial charge in [-0.1, -0.05) is 22.9 Å². The summed E-state index contributed by atoms with van der Waals surface area (Å²) >= 11 is 3.44. The Hall–Kier alpha value is -0.310. The molecule has 62 valence electrons. The molecule has 3 heteroatoms. The van der Waals surface area contributed by atoms with Crippen LogP contribution in [-0.2, 0) is 13.5 Å². The number of hydrogen-bond acceptors (Lipinski definition) is 1. The Kier molecular flexibility index (Phi) is 3.12. The molecule has 0 spiro atoms. The van der Waals surface area contributed by atoms with E-state index in [0.29, 0.717) is 5.92 Å². The zero-order valence-corrected chi connectivity index (χ0v) is 8.50. The Bertz CT molecular complexity index is 220. The van der Waals surface area contributed by atoms with E-state index >= 15 is 0 Å². The highest BCUT2D eigenvalue weighted by Crippen LogP contribution is 2.07. The van der Waals surface area contributed by atoms with E-state index in [2.05, 4.69) is 34.0 Å². The third-order valence-corrected chi connectivity index (χ3v) is 2.70. The monoisotopic (exact) mass is 216 g/mol. The lowest BCUT2D eigenvalue weighted by molar-refractivity contribution is 0.633. The summed E-state index contributed by atoms with van der Waals surface area (Å²) in [6, 6.07) is 2.07. The van der Waals surface area contributed by atoms with Gasteiger partial charge >= 0.3 is 0 Å². The van der Waals surface area contributed by atoms with Crippen LogP contribution in [0.1, 0.15) is 12.6 Å². The first-order valence-electron chi connectivity index (χ1n) is 3.77. The fourth-order valence-electron chi connectivity index (χ4n) is 0.984. The van der Waals surface area contributed by atoms with Crippen LogP contribution in [0.2, 0.25) is 0 Å². The lowest BCUT2D eigenvalue weighted by Crippen LogP contribution is -2.01. The molecule has 0 amide bonds. The molecule has 2 nitrogen and oxygen atoms in total. The summed E-state index contributed by atoms with van der Waals surface area (Å²) in [4.78, 5) is 0. The van der Waals surface area contributed by atoms with Crippen molar-refractivity contribution in [3.63, 3.8) is 0 Å². The quantitative estimate of drug-likeness (QED) is 0.708. The van der Waals surface area contributed by atoms with E-state index in [1.807, 2.05) is 17.9 Å². The van der Waals surface area contributed by atoms with Crippen LogP contribution in [0.5, 0.6) is 0 Å². The van der Waals surface area contributed by atoms with Crippen molar-refractivity contribution in [1.29, 1.82) is 0 Å². The second-order valence-corrected chi connectivity index (χ2v) is 3.59. The molecule has 0 saturated heterocycles. The third kappa shape index (κ3) is 2.66. The molecule has 1 aromatic heterocycles. The molecule has 1 aromatic rings. The van der Waals surface area contributed by atoms with Crippen molar-refractivity contribution >= 4 is 15.9 Å². The summed E-state index contributed by atoms with van der Waals surface area (Å²) in [5.74, 6) is 0.671.